The highest BCUT2D eigenvalue weighted by atomic mass is 16.5. The minimum atomic E-state index is -1.09. The van der Waals surface area contributed by atoms with E-state index in [-0.39, 0.29) is 11.3 Å². The molecule has 0 radical (unpaired) electrons. The minimum Gasteiger partial charge on any atom is -0.494 e. The van der Waals surface area contributed by atoms with E-state index in [0.717, 1.165) is 23.3 Å². The molecular weight excluding hydrogens is 308 g/mol. The molecule has 6 nitrogen and oxygen atoms in total. The van der Waals surface area contributed by atoms with Gasteiger partial charge in [0, 0.05) is 12.7 Å². The number of pyridine rings is 1. The van der Waals surface area contributed by atoms with Gasteiger partial charge in [-0.2, -0.15) is 0 Å². The van der Waals surface area contributed by atoms with Crippen LogP contribution in [0.15, 0.2) is 36.5 Å². The molecule has 24 heavy (non-hydrogen) atoms. The third kappa shape index (κ3) is 4.55. The number of ether oxygens (including phenoxy) is 1. The van der Waals surface area contributed by atoms with Gasteiger partial charge in [0.05, 0.1) is 12.2 Å². The summed E-state index contributed by atoms with van der Waals surface area (Å²) in [5.74, 6) is -0.700. The Hall–Kier alpha value is -2.89. The van der Waals surface area contributed by atoms with Gasteiger partial charge in [-0.15, -0.1) is 0 Å². The van der Waals surface area contributed by atoms with Crippen molar-refractivity contribution in [1.29, 1.82) is 0 Å². The third-order valence-corrected chi connectivity index (χ3v) is 3.47. The molecule has 0 atom stereocenters. The van der Waals surface area contributed by atoms with Crippen molar-refractivity contribution in [2.45, 2.75) is 26.8 Å². The van der Waals surface area contributed by atoms with E-state index in [1.807, 2.05) is 32.0 Å². The Labute approximate surface area is 140 Å². The van der Waals surface area contributed by atoms with Crippen molar-refractivity contribution in [3.8, 4) is 5.75 Å². The van der Waals surface area contributed by atoms with E-state index < -0.39 is 11.9 Å². The first-order chi connectivity index (χ1) is 11.5. The van der Waals surface area contributed by atoms with Crippen LogP contribution < -0.4 is 10.1 Å². The van der Waals surface area contributed by atoms with Crippen molar-refractivity contribution in [2.75, 3.05) is 6.61 Å². The number of hydrogen-bond acceptors (Lipinski definition) is 4. The molecule has 0 spiro atoms. The molecule has 2 rings (SSSR count). The summed E-state index contributed by atoms with van der Waals surface area (Å²) in [6, 6.07) is 8.31. The molecule has 1 amide bonds. The molecule has 6 heteroatoms. The Morgan fingerprint density at radius 3 is 2.71 bits per heavy atom. The number of amides is 1. The molecule has 126 valence electrons. The maximum absolute atomic E-state index is 12.1. The Kier molecular flexibility index (Phi) is 5.89. The molecule has 2 aromatic rings. The average molecular weight is 328 g/mol. The molecule has 0 aliphatic heterocycles. The Bertz CT molecular complexity index is 744. The zero-order chi connectivity index (χ0) is 17.5. The summed E-state index contributed by atoms with van der Waals surface area (Å²) in [6.45, 7) is 4.99. The largest absolute Gasteiger partial charge is 0.494 e. The van der Waals surface area contributed by atoms with Crippen LogP contribution >= 0.6 is 0 Å². The van der Waals surface area contributed by atoms with Gasteiger partial charge in [0.2, 0.25) is 0 Å². The molecule has 1 aromatic carbocycles. The second-order valence-corrected chi connectivity index (χ2v) is 5.35. The van der Waals surface area contributed by atoms with Crippen LogP contribution in [-0.2, 0) is 6.54 Å². The summed E-state index contributed by atoms with van der Waals surface area (Å²) in [5, 5.41) is 11.7. The number of aromatic carboxylic acids is 1. The van der Waals surface area contributed by atoms with E-state index in [1.165, 1.54) is 18.3 Å². The van der Waals surface area contributed by atoms with Crippen LogP contribution in [0.3, 0.4) is 0 Å². The van der Waals surface area contributed by atoms with Crippen molar-refractivity contribution >= 4 is 11.9 Å². The van der Waals surface area contributed by atoms with Crippen LogP contribution in [-0.4, -0.2) is 28.6 Å². The van der Waals surface area contributed by atoms with Crippen LogP contribution in [0.25, 0.3) is 0 Å². The SMILES string of the molecule is CCCOc1ccc(CNC(=O)c2cc(C(=O)O)ccn2)c(C)c1. The first-order valence-electron chi connectivity index (χ1n) is 7.71. The number of carboxylic acids is 1. The monoisotopic (exact) mass is 328 g/mol. The zero-order valence-corrected chi connectivity index (χ0v) is 13.7. The first kappa shape index (κ1) is 17.5. The van der Waals surface area contributed by atoms with Crippen molar-refractivity contribution in [1.82, 2.24) is 10.3 Å². The van der Waals surface area contributed by atoms with Crippen LogP contribution in [0.2, 0.25) is 0 Å². The standard InChI is InChI=1S/C18H20N2O4/c1-3-8-24-15-5-4-14(12(2)9-15)11-20-17(21)16-10-13(18(22)23)6-7-19-16/h4-7,9-10H,3,8,11H2,1-2H3,(H,20,21)(H,22,23). The molecule has 1 heterocycles. The molecule has 1 aromatic heterocycles. The van der Waals surface area contributed by atoms with Gasteiger partial charge in [0.25, 0.3) is 5.91 Å². The maximum atomic E-state index is 12.1. The number of hydrogen-bond donors (Lipinski definition) is 2. The highest BCUT2D eigenvalue weighted by Gasteiger charge is 2.11. The van der Waals surface area contributed by atoms with Gasteiger partial charge in [-0.25, -0.2) is 4.79 Å². The smallest absolute Gasteiger partial charge is 0.335 e. The lowest BCUT2D eigenvalue weighted by molar-refractivity contribution is 0.0696. The zero-order valence-electron chi connectivity index (χ0n) is 13.7. The summed E-state index contributed by atoms with van der Waals surface area (Å²) < 4.78 is 5.57. The summed E-state index contributed by atoms with van der Waals surface area (Å²) >= 11 is 0. The van der Waals surface area contributed by atoms with Gasteiger partial charge in [0.1, 0.15) is 11.4 Å². The van der Waals surface area contributed by atoms with Gasteiger partial charge in [-0.3, -0.25) is 9.78 Å². The number of carboxylic acid groups (broad SMARTS) is 1. The predicted octanol–water partition coefficient (Wildman–Crippen LogP) is 2.81. The fraction of sp³-hybridized carbons (Fsp3) is 0.278. The molecular formula is C18H20N2O4. The van der Waals surface area contributed by atoms with Crippen molar-refractivity contribution < 1.29 is 19.4 Å². The maximum Gasteiger partial charge on any atom is 0.335 e. The van der Waals surface area contributed by atoms with Gasteiger partial charge in [-0.1, -0.05) is 13.0 Å². The van der Waals surface area contributed by atoms with E-state index in [0.29, 0.717) is 13.2 Å². The summed E-state index contributed by atoms with van der Waals surface area (Å²) in [7, 11) is 0. The van der Waals surface area contributed by atoms with Gasteiger partial charge in [0.15, 0.2) is 0 Å². The second kappa shape index (κ2) is 8.10. The summed E-state index contributed by atoms with van der Waals surface area (Å²) in [5.41, 5.74) is 2.08. The Morgan fingerprint density at radius 1 is 1.25 bits per heavy atom. The second-order valence-electron chi connectivity index (χ2n) is 5.35. The van der Waals surface area contributed by atoms with E-state index in [1.54, 1.807) is 0 Å². The number of rotatable bonds is 7. The third-order valence-electron chi connectivity index (χ3n) is 3.47. The fourth-order valence-electron chi connectivity index (χ4n) is 2.13. The molecule has 0 unspecified atom stereocenters. The molecule has 0 bridgehead atoms. The quantitative estimate of drug-likeness (QED) is 0.816. The lowest BCUT2D eigenvalue weighted by Crippen LogP contribution is -2.24. The number of benzene rings is 1. The average Bonchev–Trinajstić information content (AvgIpc) is 2.59. The van der Waals surface area contributed by atoms with E-state index in [2.05, 4.69) is 10.3 Å². The molecule has 0 aliphatic carbocycles. The van der Waals surface area contributed by atoms with E-state index >= 15 is 0 Å². The molecule has 0 fully saturated rings. The van der Waals surface area contributed by atoms with Crippen LogP contribution in [0, 0.1) is 6.92 Å². The van der Waals surface area contributed by atoms with Gasteiger partial charge < -0.3 is 15.2 Å². The van der Waals surface area contributed by atoms with Crippen molar-refractivity contribution in [3.63, 3.8) is 0 Å². The number of carbonyl (C=O) groups is 2. The molecule has 0 aliphatic rings. The van der Waals surface area contributed by atoms with Crippen molar-refractivity contribution in [2.24, 2.45) is 0 Å². The topological polar surface area (TPSA) is 88.5 Å². The number of nitrogens with one attached hydrogen (secondary N) is 1. The lowest BCUT2D eigenvalue weighted by Gasteiger charge is -2.11. The fourth-order valence-corrected chi connectivity index (χ4v) is 2.13. The van der Waals surface area contributed by atoms with E-state index in [4.69, 9.17) is 9.84 Å². The Balaban J connectivity index is 2.01. The number of carbonyl (C=O) groups excluding carboxylic acids is 1. The number of aromatic nitrogens is 1. The molecule has 0 saturated carbocycles. The van der Waals surface area contributed by atoms with Crippen molar-refractivity contribution in [3.05, 3.63) is 58.9 Å². The number of nitrogens with zero attached hydrogens (tertiary/aromatic N) is 1. The van der Waals surface area contributed by atoms with Gasteiger partial charge >= 0.3 is 5.97 Å². The molecule has 2 N–H and O–H groups in total. The summed E-state index contributed by atoms with van der Waals surface area (Å²) in [6.07, 6.45) is 2.25. The van der Waals surface area contributed by atoms with Crippen LogP contribution in [0.4, 0.5) is 0 Å². The number of aryl methyl sites for hydroxylation is 1. The van der Waals surface area contributed by atoms with E-state index in [9.17, 15) is 9.59 Å². The molecule has 0 saturated heterocycles. The minimum absolute atomic E-state index is 0.0313. The first-order valence-corrected chi connectivity index (χ1v) is 7.71. The lowest BCUT2D eigenvalue weighted by atomic mass is 10.1. The van der Waals surface area contributed by atoms with Crippen LogP contribution in [0.1, 0.15) is 45.3 Å². The highest BCUT2D eigenvalue weighted by molar-refractivity contribution is 5.95. The Morgan fingerprint density at radius 2 is 2.04 bits per heavy atom. The predicted molar refractivity (Wildman–Crippen MR) is 89.3 cm³/mol. The van der Waals surface area contributed by atoms with Crippen LogP contribution in [0.5, 0.6) is 5.75 Å². The summed E-state index contributed by atoms with van der Waals surface area (Å²) in [4.78, 5) is 27.0. The highest BCUT2D eigenvalue weighted by Crippen LogP contribution is 2.17. The normalized spacial score (nSPS) is 10.2. The van der Waals surface area contributed by atoms with Gasteiger partial charge in [-0.05, 0) is 48.7 Å².